The van der Waals surface area contributed by atoms with Crippen LogP contribution in [0, 0.1) is 5.82 Å². The second kappa shape index (κ2) is 5.57. The van der Waals surface area contributed by atoms with E-state index in [1.807, 2.05) is 0 Å². The maximum Gasteiger partial charge on any atom is 0.143 e. The molecule has 5 heteroatoms. The van der Waals surface area contributed by atoms with Gasteiger partial charge in [-0.3, -0.25) is 0 Å². The highest BCUT2D eigenvalue weighted by Crippen LogP contribution is 2.33. The first-order valence-corrected chi connectivity index (χ1v) is 6.62. The molecule has 1 nitrogen and oxygen atoms in total. The highest BCUT2D eigenvalue weighted by atomic mass is 79.9. The van der Waals surface area contributed by atoms with Crippen molar-refractivity contribution in [3.63, 3.8) is 0 Å². The summed E-state index contributed by atoms with van der Waals surface area (Å²) in [7, 11) is 0. The van der Waals surface area contributed by atoms with Gasteiger partial charge in [-0.15, -0.1) is 0 Å². The Hall–Kier alpha value is -0.610. The molecule has 0 bridgehead atoms. The number of hydrogen-bond donors (Lipinski definition) is 1. The number of aliphatic hydroxyl groups excluding tert-OH is 1. The van der Waals surface area contributed by atoms with E-state index in [1.54, 1.807) is 24.3 Å². The summed E-state index contributed by atoms with van der Waals surface area (Å²) in [6, 6.07) is 9.40. The van der Waals surface area contributed by atoms with Gasteiger partial charge in [0.2, 0.25) is 0 Å². The molecule has 0 spiro atoms. The molecular formula is C13H8BrCl2FO. The number of halogens is 4. The number of benzene rings is 2. The molecular weight excluding hydrogens is 342 g/mol. The molecule has 0 aliphatic carbocycles. The van der Waals surface area contributed by atoms with E-state index >= 15 is 0 Å². The van der Waals surface area contributed by atoms with Crippen LogP contribution in [-0.4, -0.2) is 5.11 Å². The Kier molecular flexibility index (Phi) is 4.28. The lowest BCUT2D eigenvalue weighted by molar-refractivity contribution is 0.215. The number of hydrogen-bond acceptors (Lipinski definition) is 1. The topological polar surface area (TPSA) is 20.2 Å². The summed E-state index contributed by atoms with van der Waals surface area (Å²) >= 11 is 14.9. The van der Waals surface area contributed by atoms with Crippen molar-refractivity contribution in [2.75, 3.05) is 0 Å². The van der Waals surface area contributed by atoms with Crippen LogP contribution in [0.25, 0.3) is 0 Å². The first-order valence-electron chi connectivity index (χ1n) is 5.07. The lowest BCUT2D eigenvalue weighted by atomic mass is 10.0. The molecule has 0 radical (unpaired) electrons. The van der Waals surface area contributed by atoms with E-state index in [4.69, 9.17) is 23.2 Å². The summed E-state index contributed by atoms with van der Waals surface area (Å²) in [5.41, 5.74) is 0.523. The van der Waals surface area contributed by atoms with E-state index < -0.39 is 11.9 Å². The summed E-state index contributed by atoms with van der Waals surface area (Å²) in [4.78, 5) is 0. The van der Waals surface area contributed by atoms with Gasteiger partial charge >= 0.3 is 0 Å². The van der Waals surface area contributed by atoms with Gasteiger partial charge in [-0.1, -0.05) is 35.3 Å². The monoisotopic (exact) mass is 348 g/mol. The average Bonchev–Trinajstić information content (AvgIpc) is 2.35. The third-order valence-corrected chi connectivity index (χ3v) is 3.72. The molecule has 0 aliphatic heterocycles. The van der Waals surface area contributed by atoms with E-state index in [0.29, 0.717) is 15.6 Å². The number of rotatable bonds is 2. The van der Waals surface area contributed by atoms with Crippen molar-refractivity contribution in [3.05, 3.63) is 67.9 Å². The van der Waals surface area contributed by atoms with Crippen LogP contribution in [0.1, 0.15) is 17.2 Å². The molecule has 18 heavy (non-hydrogen) atoms. The highest BCUT2D eigenvalue weighted by molar-refractivity contribution is 9.10. The first kappa shape index (κ1) is 13.8. The van der Waals surface area contributed by atoms with Crippen LogP contribution >= 0.6 is 39.1 Å². The second-order valence-electron chi connectivity index (χ2n) is 3.71. The van der Waals surface area contributed by atoms with E-state index in [1.165, 1.54) is 12.1 Å². The van der Waals surface area contributed by atoms with Gasteiger partial charge in [-0.25, -0.2) is 4.39 Å². The largest absolute Gasteiger partial charge is 0.383 e. The standard InChI is InChI=1S/C13H8BrCl2FO/c14-10-3-1-2-8(12(10)17)13(18)9-6-7(15)4-5-11(9)16/h1-6,13,18H. The Morgan fingerprint density at radius 1 is 1.11 bits per heavy atom. The smallest absolute Gasteiger partial charge is 0.143 e. The molecule has 2 rings (SSSR count). The zero-order valence-corrected chi connectivity index (χ0v) is 12.1. The highest BCUT2D eigenvalue weighted by Gasteiger charge is 2.19. The van der Waals surface area contributed by atoms with Gasteiger partial charge < -0.3 is 5.11 Å². The molecule has 1 unspecified atom stereocenters. The molecule has 0 fully saturated rings. The van der Waals surface area contributed by atoms with Crippen molar-refractivity contribution < 1.29 is 9.50 Å². The van der Waals surface area contributed by atoms with Crippen LogP contribution in [0.3, 0.4) is 0 Å². The Bertz CT molecular complexity index is 587. The summed E-state index contributed by atoms with van der Waals surface area (Å²) < 4.78 is 14.2. The molecule has 0 saturated carbocycles. The molecule has 1 atom stereocenters. The van der Waals surface area contributed by atoms with E-state index in [-0.39, 0.29) is 10.0 Å². The normalized spacial score (nSPS) is 12.5. The molecule has 0 heterocycles. The molecule has 0 amide bonds. The molecule has 2 aromatic carbocycles. The number of aliphatic hydroxyl groups is 1. The van der Waals surface area contributed by atoms with Crippen LogP contribution in [0.15, 0.2) is 40.9 Å². The predicted octanol–water partition coefficient (Wildman–Crippen LogP) is 4.98. The summed E-state index contributed by atoms with van der Waals surface area (Å²) in [5.74, 6) is -0.513. The van der Waals surface area contributed by atoms with Gasteiger partial charge in [0.05, 0.1) is 4.47 Å². The van der Waals surface area contributed by atoms with Crippen molar-refractivity contribution in [2.24, 2.45) is 0 Å². The van der Waals surface area contributed by atoms with Gasteiger partial charge in [0.25, 0.3) is 0 Å². The third-order valence-electron chi connectivity index (χ3n) is 2.53. The van der Waals surface area contributed by atoms with Crippen LogP contribution in [-0.2, 0) is 0 Å². The van der Waals surface area contributed by atoms with Crippen LogP contribution in [0.2, 0.25) is 10.0 Å². The van der Waals surface area contributed by atoms with Crippen molar-refractivity contribution in [3.8, 4) is 0 Å². The predicted molar refractivity (Wildman–Crippen MR) is 74.6 cm³/mol. The van der Waals surface area contributed by atoms with E-state index in [2.05, 4.69) is 15.9 Å². The van der Waals surface area contributed by atoms with Crippen molar-refractivity contribution >= 4 is 39.1 Å². The zero-order chi connectivity index (χ0) is 13.3. The summed E-state index contributed by atoms with van der Waals surface area (Å²) in [5, 5.41) is 11.0. The van der Waals surface area contributed by atoms with Gasteiger partial charge in [0, 0.05) is 21.2 Å². The molecule has 0 saturated heterocycles. The Morgan fingerprint density at radius 2 is 1.83 bits per heavy atom. The first-order chi connectivity index (χ1) is 8.50. The van der Waals surface area contributed by atoms with Crippen LogP contribution in [0.5, 0.6) is 0 Å². The average molecular weight is 350 g/mol. The van der Waals surface area contributed by atoms with Crippen LogP contribution in [0.4, 0.5) is 4.39 Å². The van der Waals surface area contributed by atoms with Gasteiger partial charge in [0.1, 0.15) is 11.9 Å². The van der Waals surface area contributed by atoms with Crippen LogP contribution < -0.4 is 0 Å². The third kappa shape index (κ3) is 2.69. The fourth-order valence-corrected chi connectivity index (χ4v) is 2.41. The Morgan fingerprint density at radius 3 is 2.56 bits per heavy atom. The SMILES string of the molecule is OC(c1cc(Cl)ccc1Cl)c1cccc(Br)c1F. The minimum Gasteiger partial charge on any atom is -0.383 e. The Balaban J connectivity index is 2.51. The van der Waals surface area contributed by atoms with Crippen molar-refractivity contribution in [1.82, 2.24) is 0 Å². The second-order valence-corrected chi connectivity index (χ2v) is 5.41. The lowest BCUT2D eigenvalue weighted by Gasteiger charge is -2.15. The summed E-state index contributed by atoms with van der Waals surface area (Å²) in [6.45, 7) is 0. The fourth-order valence-electron chi connectivity index (χ4n) is 1.62. The van der Waals surface area contributed by atoms with Gasteiger partial charge in [-0.2, -0.15) is 0 Å². The molecule has 1 N–H and O–H groups in total. The summed E-state index contributed by atoms with van der Waals surface area (Å²) in [6.07, 6.45) is -1.16. The lowest BCUT2D eigenvalue weighted by Crippen LogP contribution is -2.03. The quantitative estimate of drug-likeness (QED) is 0.810. The van der Waals surface area contributed by atoms with E-state index in [9.17, 15) is 9.50 Å². The van der Waals surface area contributed by atoms with Gasteiger partial charge in [0.15, 0.2) is 0 Å². The minimum atomic E-state index is -1.16. The molecule has 94 valence electrons. The maximum absolute atomic E-state index is 13.9. The van der Waals surface area contributed by atoms with Crippen molar-refractivity contribution in [2.45, 2.75) is 6.10 Å². The van der Waals surface area contributed by atoms with Crippen molar-refractivity contribution in [1.29, 1.82) is 0 Å². The fraction of sp³-hybridized carbons (Fsp3) is 0.0769. The Labute approximate surface area is 122 Å². The van der Waals surface area contributed by atoms with E-state index in [0.717, 1.165) is 0 Å². The molecule has 2 aromatic rings. The van der Waals surface area contributed by atoms with Gasteiger partial charge in [-0.05, 0) is 40.2 Å². The molecule has 0 aliphatic rings. The maximum atomic E-state index is 13.9. The molecule has 0 aromatic heterocycles. The zero-order valence-electron chi connectivity index (χ0n) is 9.00. The minimum absolute atomic E-state index is 0.147.